The van der Waals surface area contributed by atoms with Gasteiger partial charge in [0.15, 0.2) is 0 Å². The number of rotatable bonds is 5. The van der Waals surface area contributed by atoms with E-state index >= 15 is 0 Å². The van der Waals surface area contributed by atoms with Crippen molar-refractivity contribution in [1.82, 2.24) is 0 Å². The van der Waals surface area contributed by atoms with Crippen molar-refractivity contribution in [2.24, 2.45) is 11.1 Å². The Morgan fingerprint density at radius 2 is 2.00 bits per heavy atom. The topological polar surface area (TPSA) is 38.0 Å². The molecular formula is C12H19BrN2. The molecular weight excluding hydrogens is 252 g/mol. The molecule has 0 heterocycles. The van der Waals surface area contributed by atoms with Crippen LogP contribution in [0.3, 0.4) is 0 Å². The average Bonchev–Trinajstić information content (AvgIpc) is 2.16. The average molecular weight is 271 g/mol. The SMILES string of the molecule is CC(C)(CCN)CNc1ccccc1Br. The Hall–Kier alpha value is -0.540. The lowest BCUT2D eigenvalue weighted by atomic mass is 9.89. The maximum absolute atomic E-state index is 5.58. The van der Waals surface area contributed by atoms with Gasteiger partial charge in [-0.2, -0.15) is 0 Å². The number of halogens is 1. The Labute approximate surface area is 100 Å². The highest BCUT2D eigenvalue weighted by Crippen LogP contribution is 2.25. The van der Waals surface area contributed by atoms with Gasteiger partial charge in [-0.15, -0.1) is 0 Å². The fraction of sp³-hybridized carbons (Fsp3) is 0.500. The van der Waals surface area contributed by atoms with Gasteiger partial charge in [0.25, 0.3) is 0 Å². The van der Waals surface area contributed by atoms with Crippen LogP contribution in [0.25, 0.3) is 0 Å². The predicted octanol–water partition coefficient (Wildman–Crippen LogP) is 3.24. The summed E-state index contributed by atoms with van der Waals surface area (Å²) in [4.78, 5) is 0. The molecule has 0 aromatic heterocycles. The largest absolute Gasteiger partial charge is 0.384 e. The van der Waals surface area contributed by atoms with Gasteiger partial charge in [-0.05, 0) is 46.4 Å². The molecule has 3 heteroatoms. The third kappa shape index (κ3) is 4.22. The Kier molecular flexibility index (Phi) is 4.61. The molecule has 0 amide bonds. The normalized spacial score (nSPS) is 11.5. The van der Waals surface area contributed by atoms with Crippen LogP contribution in [0.5, 0.6) is 0 Å². The Morgan fingerprint density at radius 3 is 2.60 bits per heavy atom. The highest BCUT2D eigenvalue weighted by molar-refractivity contribution is 9.10. The molecule has 0 bridgehead atoms. The molecule has 0 aliphatic heterocycles. The third-order valence-corrected chi connectivity index (χ3v) is 3.14. The summed E-state index contributed by atoms with van der Waals surface area (Å²) in [5, 5.41) is 3.44. The summed E-state index contributed by atoms with van der Waals surface area (Å²) in [5.41, 5.74) is 6.96. The van der Waals surface area contributed by atoms with Gasteiger partial charge in [-0.3, -0.25) is 0 Å². The molecule has 2 nitrogen and oxygen atoms in total. The standard InChI is InChI=1S/C12H19BrN2/c1-12(2,7-8-14)9-15-11-6-4-3-5-10(11)13/h3-6,15H,7-9,14H2,1-2H3. The zero-order chi connectivity index (χ0) is 11.3. The molecule has 0 fully saturated rings. The fourth-order valence-electron chi connectivity index (χ4n) is 1.42. The van der Waals surface area contributed by atoms with Crippen molar-refractivity contribution in [2.75, 3.05) is 18.4 Å². The molecule has 1 aromatic carbocycles. The molecule has 0 atom stereocenters. The number of hydrogen-bond acceptors (Lipinski definition) is 2. The number of hydrogen-bond donors (Lipinski definition) is 2. The number of para-hydroxylation sites is 1. The van der Waals surface area contributed by atoms with Crippen molar-refractivity contribution < 1.29 is 0 Å². The first-order chi connectivity index (χ1) is 7.05. The minimum Gasteiger partial charge on any atom is -0.384 e. The van der Waals surface area contributed by atoms with Gasteiger partial charge in [-0.25, -0.2) is 0 Å². The summed E-state index contributed by atoms with van der Waals surface area (Å²) in [6.45, 7) is 6.13. The van der Waals surface area contributed by atoms with Crippen molar-refractivity contribution in [3.8, 4) is 0 Å². The second-order valence-electron chi connectivity index (χ2n) is 4.54. The quantitative estimate of drug-likeness (QED) is 0.862. The summed E-state index contributed by atoms with van der Waals surface area (Å²) in [5.74, 6) is 0. The van der Waals surface area contributed by atoms with E-state index in [4.69, 9.17) is 5.73 Å². The van der Waals surface area contributed by atoms with E-state index in [0.29, 0.717) is 0 Å². The summed E-state index contributed by atoms with van der Waals surface area (Å²) in [7, 11) is 0. The molecule has 1 aromatic rings. The molecule has 3 N–H and O–H groups in total. The smallest absolute Gasteiger partial charge is 0.0484 e. The molecule has 0 unspecified atom stereocenters. The van der Waals surface area contributed by atoms with Crippen LogP contribution in [0.2, 0.25) is 0 Å². The minimum absolute atomic E-state index is 0.240. The van der Waals surface area contributed by atoms with Crippen molar-refractivity contribution in [1.29, 1.82) is 0 Å². The van der Waals surface area contributed by atoms with Crippen LogP contribution in [0, 0.1) is 5.41 Å². The first-order valence-electron chi connectivity index (χ1n) is 5.24. The monoisotopic (exact) mass is 270 g/mol. The summed E-state index contributed by atoms with van der Waals surface area (Å²) >= 11 is 3.52. The van der Waals surface area contributed by atoms with Crippen LogP contribution in [0.15, 0.2) is 28.7 Å². The van der Waals surface area contributed by atoms with Crippen LogP contribution >= 0.6 is 15.9 Å². The molecule has 0 saturated carbocycles. The summed E-state index contributed by atoms with van der Waals surface area (Å²) in [6, 6.07) is 8.16. The first kappa shape index (κ1) is 12.5. The van der Waals surface area contributed by atoms with Crippen LogP contribution in [0.4, 0.5) is 5.69 Å². The Bertz CT molecular complexity index is 310. The lowest BCUT2D eigenvalue weighted by molar-refractivity contribution is 0.365. The lowest BCUT2D eigenvalue weighted by Gasteiger charge is -2.25. The molecule has 0 spiro atoms. The highest BCUT2D eigenvalue weighted by atomic mass is 79.9. The van der Waals surface area contributed by atoms with Gasteiger partial charge in [0.2, 0.25) is 0 Å². The maximum Gasteiger partial charge on any atom is 0.0484 e. The van der Waals surface area contributed by atoms with E-state index in [1.165, 1.54) is 0 Å². The van der Waals surface area contributed by atoms with Crippen LogP contribution < -0.4 is 11.1 Å². The van der Waals surface area contributed by atoms with Crippen molar-refractivity contribution in [3.63, 3.8) is 0 Å². The summed E-state index contributed by atoms with van der Waals surface area (Å²) < 4.78 is 1.11. The molecule has 84 valence electrons. The highest BCUT2D eigenvalue weighted by Gasteiger charge is 2.16. The minimum atomic E-state index is 0.240. The number of anilines is 1. The van der Waals surface area contributed by atoms with Crippen LogP contribution in [-0.4, -0.2) is 13.1 Å². The Morgan fingerprint density at radius 1 is 1.33 bits per heavy atom. The zero-order valence-electron chi connectivity index (χ0n) is 9.39. The zero-order valence-corrected chi connectivity index (χ0v) is 11.0. The van der Waals surface area contributed by atoms with Gasteiger partial charge in [0.1, 0.15) is 0 Å². The van der Waals surface area contributed by atoms with Crippen molar-refractivity contribution in [3.05, 3.63) is 28.7 Å². The second-order valence-corrected chi connectivity index (χ2v) is 5.39. The van der Waals surface area contributed by atoms with E-state index < -0.39 is 0 Å². The molecule has 1 rings (SSSR count). The van der Waals surface area contributed by atoms with E-state index in [1.54, 1.807) is 0 Å². The fourth-order valence-corrected chi connectivity index (χ4v) is 1.84. The van der Waals surface area contributed by atoms with E-state index in [0.717, 1.165) is 29.7 Å². The van der Waals surface area contributed by atoms with Gasteiger partial charge in [0.05, 0.1) is 0 Å². The van der Waals surface area contributed by atoms with E-state index in [-0.39, 0.29) is 5.41 Å². The van der Waals surface area contributed by atoms with E-state index in [9.17, 15) is 0 Å². The second kappa shape index (κ2) is 5.52. The first-order valence-corrected chi connectivity index (χ1v) is 6.03. The number of nitrogens with one attached hydrogen (secondary N) is 1. The molecule has 0 aliphatic carbocycles. The van der Waals surface area contributed by atoms with Gasteiger partial charge in [0, 0.05) is 16.7 Å². The molecule has 0 radical (unpaired) electrons. The molecule has 0 aliphatic rings. The van der Waals surface area contributed by atoms with E-state index in [1.807, 2.05) is 18.2 Å². The number of nitrogens with two attached hydrogens (primary N) is 1. The molecule has 15 heavy (non-hydrogen) atoms. The van der Waals surface area contributed by atoms with Crippen LogP contribution in [-0.2, 0) is 0 Å². The van der Waals surface area contributed by atoms with Gasteiger partial charge < -0.3 is 11.1 Å². The van der Waals surface area contributed by atoms with Gasteiger partial charge in [-0.1, -0.05) is 26.0 Å². The summed E-state index contributed by atoms with van der Waals surface area (Å²) in [6.07, 6.45) is 1.03. The van der Waals surface area contributed by atoms with Gasteiger partial charge >= 0.3 is 0 Å². The lowest BCUT2D eigenvalue weighted by Crippen LogP contribution is -2.26. The van der Waals surface area contributed by atoms with Crippen molar-refractivity contribution in [2.45, 2.75) is 20.3 Å². The Balaban J connectivity index is 2.53. The molecule has 0 saturated heterocycles. The maximum atomic E-state index is 5.58. The van der Waals surface area contributed by atoms with Crippen molar-refractivity contribution >= 4 is 21.6 Å². The predicted molar refractivity (Wildman–Crippen MR) is 70.1 cm³/mol. The third-order valence-electron chi connectivity index (χ3n) is 2.45. The van der Waals surface area contributed by atoms with E-state index in [2.05, 4.69) is 41.2 Å². The van der Waals surface area contributed by atoms with Crippen LogP contribution in [0.1, 0.15) is 20.3 Å². The number of benzene rings is 1.